The van der Waals surface area contributed by atoms with E-state index in [1.54, 1.807) is 12.1 Å². The molecule has 3 nitrogen and oxygen atoms in total. The molecule has 1 aromatic carbocycles. The van der Waals surface area contributed by atoms with Gasteiger partial charge in [-0.1, -0.05) is 30.1 Å². The molecule has 1 unspecified atom stereocenters. The number of benzene rings is 1. The summed E-state index contributed by atoms with van der Waals surface area (Å²) in [6.07, 6.45) is 2.35. The molecule has 1 aliphatic heterocycles. The maximum Gasteiger partial charge on any atom is 0.0723 e. The Labute approximate surface area is 118 Å². The fraction of sp³-hybridized carbons (Fsp3) is 0.538. The van der Waals surface area contributed by atoms with Gasteiger partial charge in [-0.3, -0.25) is 0 Å². The zero-order valence-corrected chi connectivity index (χ0v) is 12.1. The molecule has 2 rings (SSSR count). The molecule has 1 saturated heterocycles. The summed E-state index contributed by atoms with van der Waals surface area (Å²) < 4.78 is 0. The predicted octanol–water partition coefficient (Wildman–Crippen LogP) is 3.47. The molecule has 0 saturated carbocycles. The Balaban J connectivity index is 2.09. The molecular weight excluding hydrogens is 269 g/mol. The molecule has 1 atom stereocenters. The van der Waals surface area contributed by atoms with Crippen LogP contribution in [0.2, 0.25) is 10.0 Å². The Morgan fingerprint density at radius 2 is 2.06 bits per heavy atom. The number of nitrogen functional groups attached to an aromatic ring is 1. The minimum atomic E-state index is 0.400. The number of nitrogens with zero attached hydrogens (tertiary/aromatic N) is 1. The number of halogens is 2. The second-order valence-corrected chi connectivity index (χ2v) is 5.55. The van der Waals surface area contributed by atoms with Gasteiger partial charge >= 0.3 is 0 Å². The lowest BCUT2D eigenvalue weighted by Gasteiger charge is -2.33. The normalized spacial score (nSPS) is 20.9. The highest BCUT2D eigenvalue weighted by Gasteiger charge is 2.20. The van der Waals surface area contributed by atoms with E-state index in [0.29, 0.717) is 21.8 Å². The molecular formula is C13H19Cl2N3. The maximum absolute atomic E-state index is 6.18. The lowest BCUT2D eigenvalue weighted by atomic mass is 10.1. The highest BCUT2D eigenvalue weighted by Crippen LogP contribution is 2.34. The smallest absolute Gasteiger partial charge is 0.0723 e. The van der Waals surface area contributed by atoms with E-state index in [1.165, 1.54) is 13.0 Å². The first kappa shape index (κ1) is 13.8. The number of piperidine rings is 1. The molecule has 1 fully saturated rings. The van der Waals surface area contributed by atoms with Gasteiger partial charge in [-0.2, -0.15) is 0 Å². The number of rotatable bonds is 3. The third kappa shape index (κ3) is 3.22. The molecule has 18 heavy (non-hydrogen) atoms. The van der Waals surface area contributed by atoms with Crippen LogP contribution in [0.5, 0.6) is 0 Å². The molecule has 0 aromatic heterocycles. The van der Waals surface area contributed by atoms with Crippen molar-refractivity contribution in [3.63, 3.8) is 0 Å². The van der Waals surface area contributed by atoms with Gasteiger partial charge in [0.25, 0.3) is 0 Å². The largest absolute Gasteiger partial charge is 0.399 e. The van der Waals surface area contributed by atoms with Crippen LogP contribution in [0.15, 0.2) is 12.1 Å². The number of anilines is 2. The molecule has 1 aromatic rings. The SMILES string of the molecule is CCN1CCCC(Nc2c(Cl)cc(N)cc2Cl)C1. The van der Waals surface area contributed by atoms with E-state index in [4.69, 9.17) is 28.9 Å². The first-order valence-corrected chi connectivity index (χ1v) is 7.09. The van der Waals surface area contributed by atoms with Crippen LogP contribution in [-0.2, 0) is 0 Å². The first-order chi connectivity index (χ1) is 8.60. The Morgan fingerprint density at radius 3 is 2.67 bits per heavy atom. The third-order valence-corrected chi connectivity index (χ3v) is 3.96. The molecule has 0 amide bonds. The summed E-state index contributed by atoms with van der Waals surface area (Å²) in [5.74, 6) is 0. The fourth-order valence-electron chi connectivity index (χ4n) is 2.40. The quantitative estimate of drug-likeness (QED) is 0.837. The Bertz CT molecular complexity index is 400. The van der Waals surface area contributed by atoms with Crippen molar-refractivity contribution in [1.82, 2.24) is 4.90 Å². The molecule has 0 spiro atoms. The van der Waals surface area contributed by atoms with Crippen LogP contribution in [0.4, 0.5) is 11.4 Å². The number of nitrogens with one attached hydrogen (secondary N) is 1. The molecule has 1 aliphatic rings. The van der Waals surface area contributed by atoms with Crippen molar-refractivity contribution in [1.29, 1.82) is 0 Å². The summed E-state index contributed by atoms with van der Waals surface area (Å²) in [6.45, 7) is 5.48. The third-order valence-electron chi connectivity index (χ3n) is 3.37. The van der Waals surface area contributed by atoms with Gasteiger partial charge < -0.3 is 16.0 Å². The van der Waals surface area contributed by atoms with Gasteiger partial charge in [-0.15, -0.1) is 0 Å². The zero-order valence-electron chi connectivity index (χ0n) is 10.5. The standard InChI is InChI=1S/C13H19Cl2N3/c1-2-18-5-3-4-10(8-18)17-13-11(14)6-9(16)7-12(13)15/h6-7,10,17H,2-5,8,16H2,1H3. The van der Waals surface area contributed by atoms with Crippen molar-refractivity contribution in [2.75, 3.05) is 30.7 Å². The summed E-state index contributed by atoms with van der Waals surface area (Å²) >= 11 is 12.4. The molecule has 5 heteroatoms. The van der Waals surface area contributed by atoms with Crippen LogP contribution < -0.4 is 11.1 Å². The van der Waals surface area contributed by atoms with Gasteiger partial charge in [0, 0.05) is 18.3 Å². The fourth-order valence-corrected chi connectivity index (χ4v) is 3.01. The molecule has 0 radical (unpaired) electrons. The van der Waals surface area contributed by atoms with Gasteiger partial charge in [0.1, 0.15) is 0 Å². The van der Waals surface area contributed by atoms with Gasteiger partial charge in [-0.25, -0.2) is 0 Å². The molecule has 1 heterocycles. The maximum atomic E-state index is 6.18. The summed E-state index contributed by atoms with van der Waals surface area (Å²) in [5, 5.41) is 4.63. The van der Waals surface area contributed by atoms with E-state index < -0.39 is 0 Å². The van der Waals surface area contributed by atoms with Crippen molar-refractivity contribution in [2.24, 2.45) is 0 Å². The molecule has 3 N–H and O–H groups in total. The average Bonchev–Trinajstić information content (AvgIpc) is 2.34. The van der Waals surface area contributed by atoms with E-state index in [9.17, 15) is 0 Å². The van der Waals surface area contributed by atoms with Crippen molar-refractivity contribution >= 4 is 34.6 Å². The van der Waals surface area contributed by atoms with Crippen LogP contribution in [-0.4, -0.2) is 30.6 Å². The summed E-state index contributed by atoms with van der Waals surface area (Å²) in [7, 11) is 0. The van der Waals surface area contributed by atoms with Gasteiger partial charge in [-0.05, 0) is 38.1 Å². The summed E-state index contributed by atoms with van der Waals surface area (Å²) in [5.41, 5.74) is 7.09. The highest BCUT2D eigenvalue weighted by atomic mass is 35.5. The zero-order chi connectivity index (χ0) is 13.1. The Hall–Kier alpha value is -0.640. The molecule has 0 bridgehead atoms. The number of nitrogens with two attached hydrogens (primary N) is 1. The second-order valence-electron chi connectivity index (χ2n) is 4.74. The van der Waals surface area contributed by atoms with Crippen LogP contribution in [0.3, 0.4) is 0 Å². The topological polar surface area (TPSA) is 41.3 Å². The van der Waals surface area contributed by atoms with Crippen molar-refractivity contribution in [2.45, 2.75) is 25.8 Å². The van der Waals surface area contributed by atoms with Gasteiger partial charge in [0.05, 0.1) is 15.7 Å². The number of hydrogen-bond donors (Lipinski definition) is 2. The van der Waals surface area contributed by atoms with Crippen molar-refractivity contribution < 1.29 is 0 Å². The number of likely N-dealkylation sites (N-methyl/N-ethyl adjacent to an activating group) is 1. The van der Waals surface area contributed by atoms with Crippen LogP contribution in [0.1, 0.15) is 19.8 Å². The van der Waals surface area contributed by atoms with Crippen LogP contribution in [0.25, 0.3) is 0 Å². The number of hydrogen-bond acceptors (Lipinski definition) is 3. The monoisotopic (exact) mass is 287 g/mol. The molecule has 0 aliphatic carbocycles. The van der Waals surface area contributed by atoms with Gasteiger partial charge in [0.15, 0.2) is 0 Å². The Morgan fingerprint density at radius 1 is 1.39 bits per heavy atom. The minimum Gasteiger partial charge on any atom is -0.399 e. The number of likely N-dealkylation sites (tertiary alicyclic amines) is 1. The summed E-state index contributed by atoms with van der Waals surface area (Å²) in [4.78, 5) is 2.43. The van der Waals surface area contributed by atoms with Crippen LogP contribution >= 0.6 is 23.2 Å². The van der Waals surface area contributed by atoms with Crippen LogP contribution in [0, 0.1) is 0 Å². The highest BCUT2D eigenvalue weighted by molar-refractivity contribution is 6.39. The summed E-state index contributed by atoms with van der Waals surface area (Å²) in [6, 6.07) is 3.86. The lowest BCUT2D eigenvalue weighted by Crippen LogP contribution is -2.41. The minimum absolute atomic E-state index is 0.400. The average molecular weight is 288 g/mol. The van der Waals surface area contributed by atoms with E-state index in [2.05, 4.69) is 17.1 Å². The van der Waals surface area contributed by atoms with E-state index in [0.717, 1.165) is 25.2 Å². The van der Waals surface area contributed by atoms with E-state index in [1.807, 2.05) is 0 Å². The second kappa shape index (κ2) is 6.00. The molecule has 100 valence electrons. The predicted molar refractivity (Wildman–Crippen MR) is 79.6 cm³/mol. The first-order valence-electron chi connectivity index (χ1n) is 6.33. The van der Waals surface area contributed by atoms with Crippen molar-refractivity contribution in [3.8, 4) is 0 Å². The van der Waals surface area contributed by atoms with E-state index >= 15 is 0 Å². The van der Waals surface area contributed by atoms with Gasteiger partial charge in [0.2, 0.25) is 0 Å². The Kier molecular flexibility index (Phi) is 4.60. The van der Waals surface area contributed by atoms with Crippen molar-refractivity contribution in [3.05, 3.63) is 22.2 Å². The lowest BCUT2D eigenvalue weighted by molar-refractivity contribution is 0.227. The van der Waals surface area contributed by atoms with E-state index in [-0.39, 0.29) is 0 Å².